The van der Waals surface area contributed by atoms with Crippen LogP contribution in [0, 0.1) is 5.92 Å². The highest BCUT2D eigenvalue weighted by Crippen LogP contribution is 2.29. The summed E-state index contributed by atoms with van der Waals surface area (Å²) in [4.78, 5) is 26.7. The molecule has 2 fully saturated rings. The van der Waals surface area contributed by atoms with Crippen LogP contribution in [-0.2, 0) is 19.1 Å². The van der Waals surface area contributed by atoms with Gasteiger partial charge in [-0.3, -0.25) is 4.79 Å². The fourth-order valence-corrected chi connectivity index (χ4v) is 3.19. The predicted molar refractivity (Wildman–Crippen MR) is 78.7 cm³/mol. The molecule has 0 aromatic carbocycles. The molecule has 5 nitrogen and oxygen atoms in total. The quantitative estimate of drug-likeness (QED) is 0.749. The van der Waals surface area contributed by atoms with E-state index in [1.807, 2.05) is 27.7 Å². The van der Waals surface area contributed by atoms with Gasteiger partial charge in [0, 0.05) is 13.2 Å². The van der Waals surface area contributed by atoms with Crippen LogP contribution < -0.4 is 0 Å². The van der Waals surface area contributed by atoms with Gasteiger partial charge in [-0.15, -0.1) is 0 Å². The third-order valence-electron chi connectivity index (χ3n) is 4.14. The number of amides is 1. The van der Waals surface area contributed by atoms with Crippen molar-refractivity contribution in [2.24, 2.45) is 5.92 Å². The zero-order chi connectivity index (χ0) is 15.6. The molecular weight excluding hydrogens is 270 g/mol. The van der Waals surface area contributed by atoms with E-state index in [0.717, 1.165) is 19.3 Å². The van der Waals surface area contributed by atoms with Crippen LogP contribution in [0.1, 0.15) is 53.4 Å². The van der Waals surface area contributed by atoms with E-state index >= 15 is 0 Å². The van der Waals surface area contributed by atoms with Crippen LogP contribution in [0.15, 0.2) is 0 Å². The van der Waals surface area contributed by atoms with Gasteiger partial charge in [-0.1, -0.05) is 6.92 Å². The van der Waals surface area contributed by atoms with E-state index in [0.29, 0.717) is 19.6 Å². The molecule has 0 bridgehead atoms. The second kappa shape index (κ2) is 6.34. The Labute approximate surface area is 127 Å². The number of esters is 1. The average Bonchev–Trinajstić information content (AvgIpc) is 3.04. The predicted octanol–water partition coefficient (Wildman–Crippen LogP) is 2.13. The Morgan fingerprint density at radius 1 is 1.29 bits per heavy atom. The van der Waals surface area contributed by atoms with Gasteiger partial charge in [0.25, 0.3) is 0 Å². The van der Waals surface area contributed by atoms with Crippen molar-refractivity contribution in [3.63, 3.8) is 0 Å². The monoisotopic (exact) mass is 297 g/mol. The summed E-state index contributed by atoms with van der Waals surface area (Å²) in [6.45, 7) is 8.87. The molecule has 0 aliphatic carbocycles. The molecule has 0 spiro atoms. The standard InChI is InChI=1S/C16H27NO4/c1-5-13-11(8-10-20-13)14(18)17-9-6-7-12(17)15(19)21-16(2,3)4/h11-13H,5-10H2,1-4H3/t11?,12-,13?/m1/s1. The second-order valence-corrected chi connectivity index (χ2v) is 6.94. The molecule has 0 aromatic rings. The maximum absolute atomic E-state index is 12.7. The Morgan fingerprint density at radius 2 is 2.00 bits per heavy atom. The van der Waals surface area contributed by atoms with Gasteiger partial charge in [-0.2, -0.15) is 0 Å². The summed E-state index contributed by atoms with van der Waals surface area (Å²) in [5, 5.41) is 0. The molecule has 2 aliphatic heterocycles. The van der Waals surface area contributed by atoms with Gasteiger partial charge >= 0.3 is 5.97 Å². The fourth-order valence-electron chi connectivity index (χ4n) is 3.19. The van der Waals surface area contributed by atoms with Gasteiger partial charge in [0.05, 0.1) is 12.0 Å². The van der Waals surface area contributed by atoms with Crippen LogP contribution >= 0.6 is 0 Å². The lowest BCUT2D eigenvalue weighted by Crippen LogP contribution is -2.47. The molecule has 21 heavy (non-hydrogen) atoms. The summed E-state index contributed by atoms with van der Waals surface area (Å²) in [6.07, 6.45) is 3.15. The minimum Gasteiger partial charge on any atom is -0.458 e. The van der Waals surface area contributed by atoms with Crippen molar-refractivity contribution in [1.29, 1.82) is 0 Å². The molecule has 3 atom stereocenters. The first-order valence-electron chi connectivity index (χ1n) is 7.98. The fraction of sp³-hybridized carbons (Fsp3) is 0.875. The zero-order valence-electron chi connectivity index (χ0n) is 13.6. The van der Waals surface area contributed by atoms with E-state index in [9.17, 15) is 9.59 Å². The lowest BCUT2D eigenvalue weighted by molar-refractivity contribution is -0.164. The third kappa shape index (κ3) is 3.76. The first-order valence-corrected chi connectivity index (χ1v) is 7.98. The number of carbonyl (C=O) groups is 2. The molecule has 0 N–H and O–H groups in total. The summed E-state index contributed by atoms with van der Waals surface area (Å²) in [6, 6.07) is -0.421. The smallest absolute Gasteiger partial charge is 0.329 e. The molecule has 120 valence electrons. The Bertz CT molecular complexity index is 402. The van der Waals surface area contributed by atoms with Crippen LogP contribution in [0.4, 0.5) is 0 Å². The van der Waals surface area contributed by atoms with E-state index in [-0.39, 0.29) is 23.9 Å². The Hall–Kier alpha value is -1.10. The van der Waals surface area contributed by atoms with Gasteiger partial charge in [0.1, 0.15) is 11.6 Å². The number of ether oxygens (including phenoxy) is 2. The van der Waals surface area contributed by atoms with Crippen LogP contribution in [0.3, 0.4) is 0 Å². The van der Waals surface area contributed by atoms with Crippen molar-refractivity contribution in [1.82, 2.24) is 4.90 Å². The van der Waals surface area contributed by atoms with E-state index < -0.39 is 11.6 Å². The number of rotatable bonds is 3. The molecule has 0 aromatic heterocycles. The van der Waals surface area contributed by atoms with E-state index in [1.54, 1.807) is 4.90 Å². The van der Waals surface area contributed by atoms with Gasteiger partial charge in [0.2, 0.25) is 5.91 Å². The molecule has 1 amide bonds. The van der Waals surface area contributed by atoms with Crippen molar-refractivity contribution >= 4 is 11.9 Å². The van der Waals surface area contributed by atoms with Crippen LogP contribution in [0.2, 0.25) is 0 Å². The summed E-state index contributed by atoms with van der Waals surface area (Å²) >= 11 is 0. The van der Waals surface area contributed by atoms with Crippen molar-refractivity contribution in [3.05, 3.63) is 0 Å². The van der Waals surface area contributed by atoms with E-state index in [1.165, 1.54) is 0 Å². The first-order chi connectivity index (χ1) is 9.83. The normalized spacial score (nSPS) is 29.7. The minimum atomic E-state index is -0.517. The number of likely N-dealkylation sites (tertiary alicyclic amines) is 1. The maximum Gasteiger partial charge on any atom is 0.329 e. The lowest BCUT2D eigenvalue weighted by Gasteiger charge is -2.30. The molecular formula is C16H27NO4. The van der Waals surface area contributed by atoms with Crippen molar-refractivity contribution in [3.8, 4) is 0 Å². The number of carbonyl (C=O) groups excluding carboxylic acids is 2. The van der Waals surface area contributed by atoms with E-state index in [2.05, 4.69) is 0 Å². The Balaban J connectivity index is 2.04. The average molecular weight is 297 g/mol. The highest BCUT2D eigenvalue weighted by molar-refractivity contribution is 5.87. The molecule has 5 heteroatoms. The highest BCUT2D eigenvalue weighted by atomic mass is 16.6. The first kappa shape index (κ1) is 16.3. The van der Waals surface area contributed by atoms with Gasteiger partial charge < -0.3 is 14.4 Å². The molecule has 0 saturated carbocycles. The molecule has 0 radical (unpaired) electrons. The van der Waals surface area contributed by atoms with Gasteiger partial charge in [-0.25, -0.2) is 4.79 Å². The largest absolute Gasteiger partial charge is 0.458 e. The Kier molecular flexibility index (Phi) is 4.91. The van der Waals surface area contributed by atoms with Crippen molar-refractivity contribution < 1.29 is 19.1 Å². The number of hydrogen-bond acceptors (Lipinski definition) is 4. The summed E-state index contributed by atoms with van der Waals surface area (Å²) in [5.41, 5.74) is -0.517. The number of nitrogens with zero attached hydrogens (tertiary/aromatic N) is 1. The van der Waals surface area contributed by atoms with E-state index in [4.69, 9.17) is 9.47 Å². The van der Waals surface area contributed by atoms with Gasteiger partial charge in [0.15, 0.2) is 0 Å². The maximum atomic E-state index is 12.7. The summed E-state index contributed by atoms with van der Waals surface area (Å²) in [7, 11) is 0. The van der Waals surface area contributed by atoms with Crippen LogP contribution in [-0.4, -0.2) is 47.7 Å². The molecule has 2 aliphatic rings. The summed E-state index contributed by atoms with van der Waals surface area (Å²) < 4.78 is 11.1. The lowest BCUT2D eigenvalue weighted by atomic mass is 9.97. The van der Waals surface area contributed by atoms with Gasteiger partial charge in [-0.05, 0) is 46.5 Å². The van der Waals surface area contributed by atoms with Crippen LogP contribution in [0.5, 0.6) is 0 Å². The molecule has 2 rings (SSSR count). The second-order valence-electron chi connectivity index (χ2n) is 6.94. The number of hydrogen-bond donors (Lipinski definition) is 0. The summed E-state index contributed by atoms with van der Waals surface area (Å²) in [5.74, 6) is -0.314. The third-order valence-corrected chi connectivity index (χ3v) is 4.14. The molecule has 2 unspecified atom stereocenters. The highest BCUT2D eigenvalue weighted by Gasteiger charge is 2.42. The molecule has 2 heterocycles. The van der Waals surface area contributed by atoms with Crippen LogP contribution in [0.25, 0.3) is 0 Å². The van der Waals surface area contributed by atoms with Crippen molar-refractivity contribution in [2.75, 3.05) is 13.2 Å². The molecule has 2 saturated heterocycles. The van der Waals surface area contributed by atoms with Crippen molar-refractivity contribution in [2.45, 2.75) is 71.1 Å². The minimum absolute atomic E-state index is 0.00242. The zero-order valence-corrected chi connectivity index (χ0v) is 13.6. The Morgan fingerprint density at radius 3 is 2.62 bits per heavy atom. The topological polar surface area (TPSA) is 55.8 Å². The SMILES string of the molecule is CCC1OCCC1C(=O)N1CCC[C@@H]1C(=O)OC(C)(C)C.